The maximum Gasteiger partial charge on any atom is 0.255 e. The van der Waals surface area contributed by atoms with Gasteiger partial charge >= 0.3 is 0 Å². The number of anilines is 1. The number of carbonyl (C=O) groups excluding carboxylic acids is 1. The third kappa shape index (κ3) is 3.42. The molecule has 0 saturated carbocycles. The lowest BCUT2D eigenvalue weighted by Crippen LogP contribution is -2.11. The number of rotatable bonds is 3. The number of nitrogens with zero attached hydrogens (tertiary/aromatic N) is 2. The Kier molecular flexibility index (Phi) is 4.12. The van der Waals surface area contributed by atoms with E-state index in [1.54, 1.807) is 48.8 Å². The van der Waals surface area contributed by atoms with Crippen LogP contribution in [-0.4, -0.2) is 10.9 Å². The van der Waals surface area contributed by atoms with Gasteiger partial charge in [-0.1, -0.05) is 24.3 Å². The lowest BCUT2D eigenvalue weighted by atomic mass is 10.1. The van der Waals surface area contributed by atoms with Crippen LogP contribution in [0.4, 0.5) is 5.69 Å². The molecular weight excluding hydrogens is 286 g/mol. The van der Waals surface area contributed by atoms with Crippen LogP contribution >= 0.6 is 0 Å². The first kappa shape index (κ1) is 14.5. The molecule has 4 heteroatoms. The number of nitrogens with one attached hydrogen (secondary N) is 1. The zero-order chi connectivity index (χ0) is 16.1. The molecule has 0 spiro atoms. The first-order valence-electron chi connectivity index (χ1n) is 7.08. The van der Waals surface area contributed by atoms with Crippen molar-refractivity contribution in [1.82, 2.24) is 4.98 Å². The highest BCUT2D eigenvalue weighted by molar-refractivity contribution is 6.04. The summed E-state index contributed by atoms with van der Waals surface area (Å²) in [4.78, 5) is 16.3. The predicted molar refractivity (Wildman–Crippen MR) is 88.8 cm³/mol. The van der Waals surface area contributed by atoms with Crippen LogP contribution in [0.1, 0.15) is 15.9 Å². The number of pyridine rings is 1. The predicted octanol–water partition coefficient (Wildman–Crippen LogP) is 3.87. The molecule has 0 aliphatic heterocycles. The average Bonchev–Trinajstić information content (AvgIpc) is 2.63. The Balaban J connectivity index is 1.77. The molecule has 1 aromatic heterocycles. The van der Waals surface area contributed by atoms with E-state index in [1.165, 1.54) is 0 Å². The Bertz CT molecular complexity index is 865. The number of aromatic nitrogens is 1. The lowest BCUT2D eigenvalue weighted by molar-refractivity contribution is 0.102. The molecule has 0 radical (unpaired) electrons. The normalized spacial score (nSPS) is 9.87. The fourth-order valence-corrected chi connectivity index (χ4v) is 2.22. The highest BCUT2D eigenvalue weighted by Crippen LogP contribution is 2.19. The Morgan fingerprint density at radius 2 is 1.83 bits per heavy atom. The molecule has 1 amide bonds. The summed E-state index contributed by atoms with van der Waals surface area (Å²) in [7, 11) is 0. The molecule has 0 unspecified atom stereocenters. The highest BCUT2D eigenvalue weighted by Gasteiger charge is 2.07. The Morgan fingerprint density at radius 1 is 1.00 bits per heavy atom. The molecule has 3 rings (SSSR count). The van der Waals surface area contributed by atoms with E-state index < -0.39 is 0 Å². The molecule has 0 atom stereocenters. The van der Waals surface area contributed by atoms with Gasteiger partial charge in [0.25, 0.3) is 5.91 Å². The first-order chi connectivity index (χ1) is 11.3. The topological polar surface area (TPSA) is 65.8 Å². The van der Waals surface area contributed by atoms with Crippen LogP contribution in [0.2, 0.25) is 0 Å². The Morgan fingerprint density at radius 3 is 2.52 bits per heavy atom. The van der Waals surface area contributed by atoms with Gasteiger partial charge in [-0.15, -0.1) is 0 Å². The minimum absolute atomic E-state index is 0.210. The van der Waals surface area contributed by atoms with Crippen molar-refractivity contribution in [2.24, 2.45) is 0 Å². The van der Waals surface area contributed by atoms with Crippen molar-refractivity contribution in [3.05, 3.63) is 84.2 Å². The largest absolute Gasteiger partial charge is 0.322 e. The van der Waals surface area contributed by atoms with Crippen molar-refractivity contribution in [3.8, 4) is 17.2 Å². The zero-order valence-electron chi connectivity index (χ0n) is 12.2. The van der Waals surface area contributed by atoms with Crippen LogP contribution in [0.25, 0.3) is 11.1 Å². The van der Waals surface area contributed by atoms with E-state index in [-0.39, 0.29) is 5.91 Å². The number of hydrogen-bond donors (Lipinski definition) is 1. The van der Waals surface area contributed by atoms with Crippen molar-refractivity contribution in [2.45, 2.75) is 0 Å². The molecule has 1 N–H and O–H groups in total. The van der Waals surface area contributed by atoms with Crippen molar-refractivity contribution in [3.63, 3.8) is 0 Å². The number of benzene rings is 2. The molecule has 23 heavy (non-hydrogen) atoms. The minimum Gasteiger partial charge on any atom is -0.322 e. The summed E-state index contributed by atoms with van der Waals surface area (Å²) in [6, 6.07) is 20.0. The van der Waals surface area contributed by atoms with Gasteiger partial charge in [0.1, 0.15) is 0 Å². The molecule has 0 bridgehead atoms. The van der Waals surface area contributed by atoms with E-state index in [0.717, 1.165) is 11.1 Å². The molecular formula is C19H13N3O. The van der Waals surface area contributed by atoms with Crippen LogP contribution in [0.3, 0.4) is 0 Å². The van der Waals surface area contributed by atoms with Crippen LogP contribution < -0.4 is 5.32 Å². The monoisotopic (exact) mass is 299 g/mol. The summed E-state index contributed by atoms with van der Waals surface area (Å²) in [5.74, 6) is -0.210. The molecule has 0 aliphatic carbocycles. The van der Waals surface area contributed by atoms with E-state index >= 15 is 0 Å². The van der Waals surface area contributed by atoms with Gasteiger partial charge in [0, 0.05) is 23.6 Å². The fraction of sp³-hybridized carbons (Fsp3) is 0. The van der Waals surface area contributed by atoms with Gasteiger partial charge in [-0.25, -0.2) is 0 Å². The maximum absolute atomic E-state index is 12.3. The third-order valence-electron chi connectivity index (χ3n) is 3.39. The zero-order valence-corrected chi connectivity index (χ0v) is 12.2. The van der Waals surface area contributed by atoms with Gasteiger partial charge in [0.15, 0.2) is 0 Å². The molecule has 4 nitrogen and oxygen atoms in total. The van der Waals surface area contributed by atoms with Crippen LogP contribution in [0, 0.1) is 11.3 Å². The first-order valence-corrected chi connectivity index (χ1v) is 7.08. The van der Waals surface area contributed by atoms with Crippen molar-refractivity contribution < 1.29 is 4.79 Å². The molecule has 0 saturated heterocycles. The van der Waals surface area contributed by atoms with E-state index in [9.17, 15) is 4.79 Å². The van der Waals surface area contributed by atoms with E-state index in [2.05, 4.69) is 10.3 Å². The van der Waals surface area contributed by atoms with Gasteiger partial charge in [-0.2, -0.15) is 5.26 Å². The number of nitriles is 1. The van der Waals surface area contributed by atoms with Crippen molar-refractivity contribution in [1.29, 1.82) is 5.26 Å². The lowest BCUT2D eigenvalue weighted by Gasteiger charge is -2.06. The van der Waals surface area contributed by atoms with Crippen molar-refractivity contribution in [2.75, 3.05) is 5.32 Å². The number of carbonyl (C=O) groups is 1. The second-order valence-corrected chi connectivity index (χ2v) is 4.97. The van der Waals surface area contributed by atoms with E-state index in [4.69, 9.17) is 5.26 Å². The quantitative estimate of drug-likeness (QED) is 0.798. The summed E-state index contributed by atoms with van der Waals surface area (Å²) in [6.45, 7) is 0. The summed E-state index contributed by atoms with van der Waals surface area (Å²) >= 11 is 0. The summed E-state index contributed by atoms with van der Waals surface area (Å²) in [5, 5.41) is 11.7. The van der Waals surface area contributed by atoms with Gasteiger partial charge in [0.05, 0.1) is 11.6 Å². The smallest absolute Gasteiger partial charge is 0.255 e. The molecule has 110 valence electrons. The van der Waals surface area contributed by atoms with Crippen LogP contribution in [0.5, 0.6) is 0 Å². The van der Waals surface area contributed by atoms with Gasteiger partial charge in [-0.05, 0) is 47.5 Å². The molecule has 2 aromatic carbocycles. The van der Waals surface area contributed by atoms with Crippen LogP contribution in [0.15, 0.2) is 73.1 Å². The fourth-order valence-electron chi connectivity index (χ4n) is 2.22. The minimum atomic E-state index is -0.210. The average molecular weight is 299 g/mol. The van der Waals surface area contributed by atoms with Gasteiger partial charge < -0.3 is 5.32 Å². The van der Waals surface area contributed by atoms with E-state index in [1.807, 2.05) is 30.3 Å². The van der Waals surface area contributed by atoms with Crippen molar-refractivity contribution >= 4 is 11.6 Å². The number of hydrogen-bond acceptors (Lipinski definition) is 3. The standard InChI is InChI=1S/C19H13N3O/c20-12-14-3-1-5-18(11-14)22-19(23)16-8-6-15(7-9-16)17-4-2-10-21-13-17/h1-11,13H,(H,22,23). The molecule has 0 aliphatic rings. The molecule has 1 heterocycles. The second-order valence-electron chi connectivity index (χ2n) is 4.97. The molecule has 3 aromatic rings. The highest BCUT2D eigenvalue weighted by atomic mass is 16.1. The molecule has 0 fully saturated rings. The third-order valence-corrected chi connectivity index (χ3v) is 3.39. The second kappa shape index (κ2) is 6.54. The summed E-state index contributed by atoms with van der Waals surface area (Å²) in [6.07, 6.45) is 3.50. The van der Waals surface area contributed by atoms with E-state index in [0.29, 0.717) is 16.8 Å². The summed E-state index contributed by atoms with van der Waals surface area (Å²) < 4.78 is 0. The Hall–Kier alpha value is -3.45. The van der Waals surface area contributed by atoms with Crippen LogP contribution in [-0.2, 0) is 0 Å². The number of amides is 1. The van der Waals surface area contributed by atoms with Gasteiger partial charge in [-0.3, -0.25) is 9.78 Å². The SMILES string of the molecule is N#Cc1cccc(NC(=O)c2ccc(-c3cccnc3)cc2)c1. The summed E-state index contributed by atoms with van der Waals surface area (Å²) in [5.41, 5.74) is 3.67. The van der Waals surface area contributed by atoms with Gasteiger partial charge in [0.2, 0.25) is 0 Å². The Labute approximate surface area is 134 Å². The maximum atomic E-state index is 12.3.